The Bertz CT molecular complexity index is 856. The zero-order chi connectivity index (χ0) is 17.1. The van der Waals surface area contributed by atoms with Gasteiger partial charge in [-0.2, -0.15) is 5.10 Å². The molecule has 0 aliphatic heterocycles. The van der Waals surface area contributed by atoms with E-state index in [1.165, 1.54) is 0 Å². The van der Waals surface area contributed by atoms with Crippen LogP contribution in [0, 0.1) is 0 Å². The van der Waals surface area contributed by atoms with Gasteiger partial charge in [0.25, 0.3) is 11.8 Å². The van der Waals surface area contributed by atoms with Crippen LogP contribution in [0.2, 0.25) is 0 Å². The summed E-state index contributed by atoms with van der Waals surface area (Å²) in [6.45, 7) is 4.02. The lowest BCUT2D eigenvalue weighted by Crippen LogP contribution is -2.12. The van der Waals surface area contributed by atoms with Crippen molar-refractivity contribution in [2.45, 2.75) is 24.8 Å². The molecule has 0 radical (unpaired) electrons. The number of nitrogens with zero attached hydrogens (tertiary/aromatic N) is 4. The van der Waals surface area contributed by atoms with Gasteiger partial charge < -0.3 is 4.42 Å². The third-order valence-electron chi connectivity index (χ3n) is 3.36. The molecule has 3 rings (SSSR count). The Morgan fingerprint density at radius 2 is 2.12 bits per heavy atom. The van der Waals surface area contributed by atoms with Crippen molar-refractivity contribution in [1.82, 2.24) is 20.0 Å². The van der Waals surface area contributed by atoms with E-state index in [4.69, 9.17) is 4.42 Å². The number of thioether (sulfide) groups is 1. The molecular formula is C16H17N5O2S. The molecule has 0 saturated carbocycles. The summed E-state index contributed by atoms with van der Waals surface area (Å²) < 4.78 is 7.33. The third-order valence-corrected chi connectivity index (χ3v) is 4.08. The minimum absolute atomic E-state index is 0.0565. The molecule has 2 aromatic heterocycles. The van der Waals surface area contributed by atoms with Crippen LogP contribution in [0.1, 0.15) is 30.2 Å². The summed E-state index contributed by atoms with van der Waals surface area (Å²) in [4.78, 5) is 13.3. The van der Waals surface area contributed by atoms with Crippen LogP contribution in [0.4, 0.5) is 6.01 Å². The van der Waals surface area contributed by atoms with E-state index in [1.54, 1.807) is 34.8 Å². The summed E-state index contributed by atoms with van der Waals surface area (Å²) >= 11 is 1.57. The number of carbonyl (C=O) groups excluding carboxylic acids is 1. The average molecular weight is 343 g/mol. The second kappa shape index (κ2) is 6.88. The second-order valence-corrected chi connectivity index (χ2v) is 6.23. The number of aromatic nitrogens is 4. The second-order valence-electron chi connectivity index (χ2n) is 5.35. The molecule has 1 amide bonds. The van der Waals surface area contributed by atoms with Crippen LogP contribution in [0.15, 0.2) is 45.8 Å². The zero-order valence-corrected chi connectivity index (χ0v) is 14.4. The molecule has 1 N–H and O–H groups in total. The maximum atomic E-state index is 12.3. The molecule has 24 heavy (non-hydrogen) atoms. The predicted molar refractivity (Wildman–Crippen MR) is 92.1 cm³/mol. The van der Waals surface area contributed by atoms with Gasteiger partial charge in [0.1, 0.15) is 5.69 Å². The van der Waals surface area contributed by atoms with E-state index in [9.17, 15) is 4.79 Å². The van der Waals surface area contributed by atoms with Crippen LogP contribution >= 0.6 is 11.8 Å². The topological polar surface area (TPSA) is 85.8 Å². The minimum atomic E-state index is -0.293. The van der Waals surface area contributed by atoms with E-state index in [0.717, 1.165) is 4.90 Å². The van der Waals surface area contributed by atoms with Crippen LogP contribution < -0.4 is 5.32 Å². The zero-order valence-electron chi connectivity index (χ0n) is 13.6. The number of carbonyl (C=O) groups is 1. The van der Waals surface area contributed by atoms with Crippen LogP contribution in [0.3, 0.4) is 0 Å². The Hall–Kier alpha value is -2.61. The van der Waals surface area contributed by atoms with Gasteiger partial charge in [0, 0.05) is 22.7 Å². The van der Waals surface area contributed by atoms with Crippen molar-refractivity contribution in [2.75, 3.05) is 11.6 Å². The molecule has 0 aliphatic carbocycles. The molecule has 0 fully saturated rings. The molecule has 0 unspecified atom stereocenters. The molecule has 2 heterocycles. The lowest BCUT2D eigenvalue weighted by molar-refractivity contribution is 0.102. The summed E-state index contributed by atoms with van der Waals surface area (Å²) in [6, 6.07) is 9.34. The van der Waals surface area contributed by atoms with E-state index in [0.29, 0.717) is 17.1 Å². The number of anilines is 1. The van der Waals surface area contributed by atoms with E-state index in [2.05, 4.69) is 20.6 Å². The fourth-order valence-electron chi connectivity index (χ4n) is 2.21. The van der Waals surface area contributed by atoms with E-state index in [1.807, 2.05) is 38.3 Å². The predicted octanol–water partition coefficient (Wildman–Crippen LogP) is 3.49. The monoisotopic (exact) mass is 343 g/mol. The van der Waals surface area contributed by atoms with Crippen molar-refractivity contribution in [1.29, 1.82) is 0 Å². The van der Waals surface area contributed by atoms with Gasteiger partial charge in [-0.25, -0.2) is 0 Å². The van der Waals surface area contributed by atoms with E-state index in [-0.39, 0.29) is 18.0 Å². The van der Waals surface area contributed by atoms with Crippen LogP contribution in [0.5, 0.6) is 0 Å². The fourth-order valence-corrected chi connectivity index (χ4v) is 2.67. The first-order valence-corrected chi connectivity index (χ1v) is 8.63. The van der Waals surface area contributed by atoms with Crippen molar-refractivity contribution in [2.24, 2.45) is 0 Å². The van der Waals surface area contributed by atoms with Crippen molar-refractivity contribution in [3.63, 3.8) is 0 Å². The first kappa shape index (κ1) is 16.3. The molecular weight excluding hydrogens is 326 g/mol. The largest absolute Gasteiger partial charge is 0.401 e. The fraction of sp³-hybridized carbons (Fsp3) is 0.250. The van der Waals surface area contributed by atoms with Crippen LogP contribution in [-0.4, -0.2) is 32.1 Å². The molecule has 124 valence electrons. The molecule has 0 spiro atoms. The van der Waals surface area contributed by atoms with Gasteiger partial charge in [-0.05, 0) is 44.4 Å². The van der Waals surface area contributed by atoms with Crippen LogP contribution in [-0.2, 0) is 0 Å². The normalized spacial score (nSPS) is 11.0. The highest BCUT2D eigenvalue weighted by molar-refractivity contribution is 7.98. The summed E-state index contributed by atoms with van der Waals surface area (Å²) in [5, 5.41) is 14.7. The number of benzene rings is 1. The number of hydrogen-bond donors (Lipinski definition) is 1. The van der Waals surface area contributed by atoms with Gasteiger partial charge in [0.2, 0.25) is 0 Å². The smallest absolute Gasteiger partial charge is 0.322 e. The van der Waals surface area contributed by atoms with Crippen molar-refractivity contribution in [3.05, 3.63) is 42.1 Å². The van der Waals surface area contributed by atoms with Crippen molar-refractivity contribution < 1.29 is 9.21 Å². The summed E-state index contributed by atoms with van der Waals surface area (Å²) in [6.07, 6.45) is 3.63. The lowest BCUT2D eigenvalue weighted by Gasteiger charge is -2.07. The Balaban J connectivity index is 1.78. The van der Waals surface area contributed by atoms with Gasteiger partial charge in [-0.15, -0.1) is 16.9 Å². The number of amides is 1. The number of rotatable bonds is 5. The maximum Gasteiger partial charge on any atom is 0.322 e. The molecule has 0 bridgehead atoms. The molecule has 7 nitrogen and oxygen atoms in total. The van der Waals surface area contributed by atoms with Gasteiger partial charge in [0.15, 0.2) is 0 Å². The minimum Gasteiger partial charge on any atom is -0.401 e. The SMILES string of the molecule is CSc1cccc(C(=O)Nc2nnc(-c3ccnn3C(C)C)o2)c1. The average Bonchev–Trinajstić information content (AvgIpc) is 3.23. The first-order chi connectivity index (χ1) is 11.6. The summed E-state index contributed by atoms with van der Waals surface area (Å²) in [5.74, 6) is 0.0211. The molecule has 0 atom stereocenters. The highest BCUT2D eigenvalue weighted by Gasteiger charge is 2.17. The summed E-state index contributed by atoms with van der Waals surface area (Å²) in [5.41, 5.74) is 1.25. The Morgan fingerprint density at radius 1 is 1.29 bits per heavy atom. The van der Waals surface area contributed by atoms with Crippen molar-refractivity contribution >= 4 is 23.7 Å². The first-order valence-electron chi connectivity index (χ1n) is 7.41. The van der Waals surface area contributed by atoms with Gasteiger partial charge >= 0.3 is 6.01 Å². The highest BCUT2D eigenvalue weighted by atomic mass is 32.2. The third kappa shape index (κ3) is 3.33. The highest BCUT2D eigenvalue weighted by Crippen LogP contribution is 2.23. The number of hydrogen-bond acceptors (Lipinski definition) is 6. The quantitative estimate of drug-likeness (QED) is 0.714. The van der Waals surface area contributed by atoms with Crippen LogP contribution in [0.25, 0.3) is 11.6 Å². The molecule has 1 aromatic carbocycles. The van der Waals surface area contributed by atoms with Gasteiger partial charge in [0.05, 0.1) is 0 Å². The van der Waals surface area contributed by atoms with Crippen molar-refractivity contribution in [3.8, 4) is 11.6 Å². The van der Waals surface area contributed by atoms with Gasteiger partial charge in [-0.1, -0.05) is 11.2 Å². The Labute approximate surface area is 143 Å². The molecule has 0 saturated heterocycles. The molecule has 8 heteroatoms. The van der Waals surface area contributed by atoms with E-state index < -0.39 is 0 Å². The Kier molecular flexibility index (Phi) is 4.66. The lowest BCUT2D eigenvalue weighted by atomic mass is 10.2. The molecule has 0 aliphatic rings. The van der Waals surface area contributed by atoms with E-state index >= 15 is 0 Å². The summed E-state index contributed by atoms with van der Waals surface area (Å²) in [7, 11) is 0. The number of nitrogens with one attached hydrogen (secondary N) is 1. The molecule has 3 aromatic rings. The van der Waals surface area contributed by atoms with Gasteiger partial charge in [-0.3, -0.25) is 14.8 Å². The Morgan fingerprint density at radius 3 is 2.88 bits per heavy atom. The standard InChI is InChI=1S/C16H17N5O2S/c1-10(2)21-13(7-8-17-21)15-19-20-16(23-15)18-14(22)11-5-4-6-12(9-11)24-3/h4-10H,1-3H3,(H,18,20,22). The maximum absolute atomic E-state index is 12.3.